The molecule has 0 aliphatic rings. The molecule has 0 bridgehead atoms. The van der Waals surface area contributed by atoms with Gasteiger partial charge in [-0.1, -0.05) is 27.7 Å². The molecule has 6 heteroatoms. The first-order valence-corrected chi connectivity index (χ1v) is 9.81. The molecule has 0 spiro atoms. The quantitative estimate of drug-likeness (QED) is 0.690. The number of fused-ring (bicyclic) bond motifs is 1. The monoisotopic (exact) mass is 388 g/mol. The molecule has 0 atom stereocenters. The Morgan fingerprint density at radius 1 is 1.00 bits per heavy atom. The number of carbonyl (C=O) groups is 1. The van der Waals surface area contributed by atoms with Gasteiger partial charge in [0.25, 0.3) is 11.5 Å². The summed E-state index contributed by atoms with van der Waals surface area (Å²) in [5.74, 6) is 1.60. The first-order chi connectivity index (χ1) is 13.2. The second-order valence-corrected chi connectivity index (χ2v) is 7.88. The van der Waals surface area contributed by atoms with Crippen molar-refractivity contribution in [2.75, 3.05) is 27.3 Å². The van der Waals surface area contributed by atoms with E-state index in [-0.39, 0.29) is 11.5 Å². The van der Waals surface area contributed by atoms with Crippen LogP contribution in [0.2, 0.25) is 0 Å². The molecule has 1 aromatic carbocycles. The fourth-order valence-corrected chi connectivity index (χ4v) is 3.42. The highest BCUT2D eigenvalue weighted by Gasteiger charge is 2.23. The maximum atomic E-state index is 13.5. The van der Waals surface area contributed by atoms with E-state index in [0.717, 1.165) is 0 Å². The van der Waals surface area contributed by atoms with Crippen molar-refractivity contribution in [2.24, 2.45) is 11.8 Å². The van der Waals surface area contributed by atoms with Crippen LogP contribution in [-0.2, 0) is 6.54 Å². The van der Waals surface area contributed by atoms with E-state index < -0.39 is 0 Å². The number of benzene rings is 1. The molecule has 0 N–H and O–H groups in total. The number of carbonyl (C=O) groups excluding carboxylic acids is 1. The highest BCUT2D eigenvalue weighted by molar-refractivity contribution is 6.07. The minimum atomic E-state index is -0.144. The molecule has 1 heterocycles. The molecular formula is C22H32N2O4. The molecule has 0 saturated heterocycles. The molecule has 0 unspecified atom stereocenters. The van der Waals surface area contributed by atoms with Crippen molar-refractivity contribution in [2.45, 2.75) is 41.2 Å². The minimum Gasteiger partial charge on any atom is -0.493 e. The van der Waals surface area contributed by atoms with Crippen molar-refractivity contribution in [1.82, 2.24) is 9.47 Å². The number of amides is 1. The van der Waals surface area contributed by atoms with Gasteiger partial charge < -0.3 is 18.9 Å². The van der Waals surface area contributed by atoms with Crippen molar-refractivity contribution in [3.8, 4) is 11.5 Å². The maximum Gasteiger partial charge on any atom is 0.258 e. The van der Waals surface area contributed by atoms with Gasteiger partial charge in [0.1, 0.15) is 0 Å². The van der Waals surface area contributed by atoms with Crippen molar-refractivity contribution < 1.29 is 14.3 Å². The summed E-state index contributed by atoms with van der Waals surface area (Å²) in [4.78, 5) is 28.3. The molecule has 6 nitrogen and oxygen atoms in total. The lowest BCUT2D eigenvalue weighted by atomic mass is 10.0. The Hall–Kier alpha value is -2.50. The Morgan fingerprint density at radius 3 is 1.93 bits per heavy atom. The number of rotatable bonds is 8. The van der Waals surface area contributed by atoms with Crippen LogP contribution in [0.5, 0.6) is 11.5 Å². The topological polar surface area (TPSA) is 60.8 Å². The number of hydrogen-bond acceptors (Lipinski definition) is 4. The summed E-state index contributed by atoms with van der Waals surface area (Å²) < 4.78 is 12.3. The molecule has 1 amide bonds. The fourth-order valence-electron chi connectivity index (χ4n) is 3.42. The molecule has 2 aromatic rings. The number of methoxy groups -OCH3 is 2. The summed E-state index contributed by atoms with van der Waals surface area (Å²) in [6.45, 7) is 12.1. The summed E-state index contributed by atoms with van der Waals surface area (Å²) in [7, 11) is 3.08. The lowest BCUT2D eigenvalue weighted by Crippen LogP contribution is -2.38. The van der Waals surface area contributed by atoms with Crippen molar-refractivity contribution >= 4 is 16.7 Å². The third kappa shape index (κ3) is 4.49. The Morgan fingerprint density at radius 2 is 1.50 bits per heavy atom. The van der Waals surface area contributed by atoms with Gasteiger partial charge in [0.15, 0.2) is 11.5 Å². The Kier molecular flexibility index (Phi) is 7.11. The van der Waals surface area contributed by atoms with Gasteiger partial charge >= 0.3 is 0 Å². The predicted molar refractivity (Wildman–Crippen MR) is 113 cm³/mol. The van der Waals surface area contributed by atoms with E-state index in [9.17, 15) is 9.59 Å². The van der Waals surface area contributed by atoms with Crippen molar-refractivity contribution in [1.29, 1.82) is 0 Å². The van der Waals surface area contributed by atoms with Crippen LogP contribution in [0.1, 0.15) is 45.0 Å². The summed E-state index contributed by atoms with van der Waals surface area (Å²) in [5.41, 5.74) is 0.368. The first-order valence-electron chi connectivity index (χ1n) is 9.81. The molecule has 0 fully saturated rings. The zero-order valence-corrected chi connectivity index (χ0v) is 18.0. The van der Waals surface area contributed by atoms with Crippen LogP contribution in [0.15, 0.2) is 23.1 Å². The molecule has 0 radical (unpaired) electrons. The number of pyridine rings is 1. The zero-order valence-electron chi connectivity index (χ0n) is 18.0. The molecule has 1 aromatic heterocycles. The van der Waals surface area contributed by atoms with Gasteiger partial charge in [0.05, 0.1) is 25.2 Å². The average molecular weight is 389 g/mol. The second-order valence-electron chi connectivity index (χ2n) is 7.88. The zero-order chi connectivity index (χ0) is 21.0. The molecule has 2 rings (SSSR count). The van der Waals surface area contributed by atoms with E-state index in [2.05, 4.69) is 27.7 Å². The largest absolute Gasteiger partial charge is 0.493 e. The number of aryl methyl sites for hydroxylation is 1. The van der Waals surface area contributed by atoms with E-state index >= 15 is 0 Å². The Bertz CT molecular complexity index is 890. The fraction of sp³-hybridized carbons (Fsp3) is 0.545. The normalized spacial score (nSPS) is 11.3. The first kappa shape index (κ1) is 21.8. The van der Waals surface area contributed by atoms with E-state index in [1.54, 1.807) is 30.0 Å². The molecule has 0 aliphatic carbocycles. The van der Waals surface area contributed by atoms with Gasteiger partial charge in [-0.05, 0) is 30.9 Å². The Labute approximate surface area is 167 Å². The van der Waals surface area contributed by atoms with Crippen LogP contribution >= 0.6 is 0 Å². The van der Waals surface area contributed by atoms with E-state index in [1.165, 1.54) is 7.11 Å². The SMILES string of the molecule is CCn1cc(C(=O)N(CC(C)C)CC(C)C)c2cc(OC)c(OC)cc2c1=O. The highest BCUT2D eigenvalue weighted by atomic mass is 16.5. The van der Waals surface area contributed by atoms with Crippen LogP contribution in [0.3, 0.4) is 0 Å². The van der Waals surface area contributed by atoms with Gasteiger partial charge in [-0.3, -0.25) is 9.59 Å². The van der Waals surface area contributed by atoms with Gasteiger partial charge in [0, 0.05) is 31.2 Å². The summed E-state index contributed by atoms with van der Waals surface area (Å²) in [5, 5.41) is 1.05. The third-order valence-corrected chi connectivity index (χ3v) is 4.62. The lowest BCUT2D eigenvalue weighted by molar-refractivity contribution is 0.0716. The van der Waals surface area contributed by atoms with E-state index in [0.29, 0.717) is 59.3 Å². The van der Waals surface area contributed by atoms with Crippen LogP contribution in [0, 0.1) is 11.8 Å². The summed E-state index contributed by atoms with van der Waals surface area (Å²) in [6, 6.07) is 3.39. The lowest BCUT2D eigenvalue weighted by Gasteiger charge is -2.27. The standard InChI is InChI=1S/C22H32N2O4/c1-8-23-13-18(22(26)24(11-14(2)3)12-15(4)5)16-9-19(27-6)20(28-7)10-17(16)21(23)25/h9-10,13-15H,8,11-12H2,1-7H3. The summed E-state index contributed by atoms with van der Waals surface area (Å²) >= 11 is 0. The van der Waals surface area contributed by atoms with Crippen LogP contribution in [0.4, 0.5) is 0 Å². The number of nitrogens with zero attached hydrogens (tertiary/aromatic N) is 2. The molecule has 154 valence electrons. The molecular weight excluding hydrogens is 356 g/mol. The van der Waals surface area contributed by atoms with Gasteiger partial charge in [0.2, 0.25) is 0 Å². The number of hydrogen-bond donors (Lipinski definition) is 0. The van der Waals surface area contributed by atoms with Crippen molar-refractivity contribution in [3.63, 3.8) is 0 Å². The van der Waals surface area contributed by atoms with Gasteiger partial charge in [-0.2, -0.15) is 0 Å². The highest BCUT2D eigenvalue weighted by Crippen LogP contribution is 2.32. The summed E-state index contributed by atoms with van der Waals surface area (Å²) in [6.07, 6.45) is 1.67. The van der Waals surface area contributed by atoms with E-state index in [4.69, 9.17) is 9.47 Å². The van der Waals surface area contributed by atoms with Crippen LogP contribution < -0.4 is 15.0 Å². The van der Waals surface area contributed by atoms with Crippen LogP contribution in [0.25, 0.3) is 10.8 Å². The Balaban J connectivity index is 2.74. The van der Waals surface area contributed by atoms with Gasteiger partial charge in [-0.15, -0.1) is 0 Å². The second kappa shape index (κ2) is 9.13. The average Bonchev–Trinajstić information content (AvgIpc) is 2.65. The number of ether oxygens (including phenoxy) is 2. The molecule has 28 heavy (non-hydrogen) atoms. The maximum absolute atomic E-state index is 13.5. The van der Waals surface area contributed by atoms with Crippen molar-refractivity contribution in [3.05, 3.63) is 34.2 Å². The smallest absolute Gasteiger partial charge is 0.258 e. The number of aromatic nitrogens is 1. The predicted octanol–water partition coefficient (Wildman–Crippen LogP) is 3.79. The minimum absolute atomic E-state index is 0.0678. The van der Waals surface area contributed by atoms with E-state index in [1.807, 2.05) is 11.8 Å². The van der Waals surface area contributed by atoms with Crippen LogP contribution in [-0.4, -0.2) is 42.7 Å². The third-order valence-electron chi connectivity index (χ3n) is 4.62. The molecule has 0 saturated carbocycles. The van der Waals surface area contributed by atoms with Gasteiger partial charge in [-0.25, -0.2) is 0 Å². The molecule has 0 aliphatic heterocycles.